The number of nitrogens with one attached hydrogen (secondary N) is 1. The summed E-state index contributed by atoms with van der Waals surface area (Å²) in [5, 5.41) is 6.88. The van der Waals surface area contributed by atoms with Crippen molar-refractivity contribution >= 4 is 6.29 Å². The zero-order valence-electron chi connectivity index (χ0n) is 13.2. The van der Waals surface area contributed by atoms with Gasteiger partial charge in [0.15, 0.2) is 6.29 Å². The molecule has 4 nitrogen and oxygen atoms in total. The van der Waals surface area contributed by atoms with Crippen molar-refractivity contribution in [1.82, 2.24) is 10.2 Å². The van der Waals surface area contributed by atoms with Crippen LogP contribution < -0.4 is 4.74 Å². The number of hydrogen-bond acceptors (Lipinski definition) is 3. The van der Waals surface area contributed by atoms with E-state index in [0.29, 0.717) is 17.9 Å². The summed E-state index contributed by atoms with van der Waals surface area (Å²) in [6.45, 7) is 4.50. The van der Waals surface area contributed by atoms with Crippen LogP contribution in [-0.2, 0) is 6.61 Å². The van der Waals surface area contributed by atoms with Gasteiger partial charge in [-0.1, -0.05) is 36.4 Å². The van der Waals surface area contributed by atoms with Crippen molar-refractivity contribution in [3.63, 3.8) is 0 Å². The topological polar surface area (TPSA) is 55.0 Å². The summed E-state index contributed by atoms with van der Waals surface area (Å²) in [5.74, 6) is 0.770. The van der Waals surface area contributed by atoms with Crippen molar-refractivity contribution in [3.8, 4) is 17.0 Å². The number of aryl methyl sites for hydroxylation is 2. The normalized spacial score (nSPS) is 10.5. The Hall–Kier alpha value is -2.88. The molecule has 0 spiro atoms. The number of aromatic nitrogens is 2. The van der Waals surface area contributed by atoms with Gasteiger partial charge in [-0.05, 0) is 36.6 Å². The van der Waals surface area contributed by atoms with Crippen molar-refractivity contribution in [2.45, 2.75) is 20.5 Å². The summed E-state index contributed by atoms with van der Waals surface area (Å²) in [7, 11) is 0. The molecular formula is C19H18N2O2. The average molecular weight is 306 g/mol. The Labute approximate surface area is 135 Å². The van der Waals surface area contributed by atoms with Crippen molar-refractivity contribution in [2.24, 2.45) is 0 Å². The summed E-state index contributed by atoms with van der Waals surface area (Å²) < 4.78 is 6.07. The molecule has 0 saturated heterocycles. The highest BCUT2D eigenvalue weighted by Crippen LogP contribution is 2.35. The van der Waals surface area contributed by atoms with Crippen LogP contribution >= 0.6 is 0 Å². The Morgan fingerprint density at radius 3 is 2.70 bits per heavy atom. The van der Waals surface area contributed by atoms with Crippen molar-refractivity contribution in [2.75, 3.05) is 0 Å². The molecule has 0 saturated carbocycles. The van der Waals surface area contributed by atoms with E-state index in [9.17, 15) is 4.79 Å². The molecule has 3 aromatic rings. The zero-order valence-corrected chi connectivity index (χ0v) is 13.2. The maximum atomic E-state index is 11.2. The van der Waals surface area contributed by atoms with Gasteiger partial charge in [0, 0.05) is 5.56 Å². The van der Waals surface area contributed by atoms with E-state index in [2.05, 4.69) is 16.3 Å². The fourth-order valence-electron chi connectivity index (χ4n) is 2.66. The second-order valence-electron chi connectivity index (χ2n) is 5.55. The molecule has 0 amide bonds. The van der Waals surface area contributed by atoms with Crippen LogP contribution in [0.25, 0.3) is 11.3 Å². The molecule has 0 aliphatic carbocycles. The third kappa shape index (κ3) is 3.16. The number of ether oxygens (including phenoxy) is 1. The number of hydrogen-bond donors (Lipinski definition) is 1. The van der Waals surface area contributed by atoms with Crippen LogP contribution in [0, 0.1) is 13.8 Å². The molecule has 0 fully saturated rings. The van der Waals surface area contributed by atoms with Crippen LogP contribution in [0.3, 0.4) is 0 Å². The molecule has 4 heteroatoms. The Morgan fingerprint density at radius 1 is 1.17 bits per heavy atom. The minimum Gasteiger partial charge on any atom is -0.488 e. The van der Waals surface area contributed by atoms with Crippen LogP contribution in [-0.4, -0.2) is 16.5 Å². The number of nitrogens with zero attached hydrogens (tertiary/aromatic N) is 1. The lowest BCUT2D eigenvalue weighted by atomic mass is 10.0. The van der Waals surface area contributed by atoms with Gasteiger partial charge in [-0.25, -0.2) is 0 Å². The maximum absolute atomic E-state index is 11.2. The first kappa shape index (κ1) is 15.0. The third-order valence-corrected chi connectivity index (χ3v) is 3.71. The van der Waals surface area contributed by atoms with E-state index in [1.807, 2.05) is 50.2 Å². The van der Waals surface area contributed by atoms with Gasteiger partial charge in [0.05, 0.1) is 17.5 Å². The Morgan fingerprint density at radius 2 is 1.96 bits per heavy atom. The number of carbonyl (C=O) groups excluding carboxylic acids is 1. The quantitative estimate of drug-likeness (QED) is 0.722. The molecule has 0 unspecified atom stereocenters. The van der Waals surface area contributed by atoms with Crippen LogP contribution in [0.4, 0.5) is 0 Å². The van der Waals surface area contributed by atoms with Gasteiger partial charge in [0.1, 0.15) is 12.4 Å². The number of H-pyrrole nitrogens is 1. The Bertz CT molecular complexity index is 823. The van der Waals surface area contributed by atoms with E-state index in [1.165, 1.54) is 6.20 Å². The summed E-state index contributed by atoms with van der Waals surface area (Å²) in [6, 6.07) is 14.1. The van der Waals surface area contributed by atoms with E-state index in [1.54, 1.807) is 0 Å². The molecule has 3 rings (SSSR count). The van der Waals surface area contributed by atoms with Gasteiger partial charge in [-0.3, -0.25) is 9.89 Å². The summed E-state index contributed by atoms with van der Waals surface area (Å²) in [6.07, 6.45) is 2.33. The van der Waals surface area contributed by atoms with Gasteiger partial charge in [-0.2, -0.15) is 5.10 Å². The highest BCUT2D eigenvalue weighted by Gasteiger charge is 2.15. The first-order valence-corrected chi connectivity index (χ1v) is 7.46. The van der Waals surface area contributed by atoms with Crippen molar-refractivity contribution in [3.05, 3.63) is 70.9 Å². The van der Waals surface area contributed by atoms with Crippen LogP contribution in [0.1, 0.15) is 27.0 Å². The minimum absolute atomic E-state index is 0.475. The largest absolute Gasteiger partial charge is 0.488 e. The van der Waals surface area contributed by atoms with Gasteiger partial charge in [0.25, 0.3) is 0 Å². The second-order valence-corrected chi connectivity index (χ2v) is 5.55. The third-order valence-electron chi connectivity index (χ3n) is 3.71. The second kappa shape index (κ2) is 6.48. The van der Waals surface area contributed by atoms with E-state index < -0.39 is 0 Å². The number of aldehydes is 1. The summed E-state index contributed by atoms with van der Waals surface area (Å²) in [4.78, 5) is 11.2. The molecule has 0 radical (unpaired) electrons. The minimum atomic E-state index is 0.475. The van der Waals surface area contributed by atoms with Gasteiger partial charge in [0.2, 0.25) is 0 Å². The first-order chi connectivity index (χ1) is 11.2. The Kier molecular flexibility index (Phi) is 4.24. The maximum Gasteiger partial charge on any atom is 0.153 e. The van der Waals surface area contributed by atoms with E-state index in [4.69, 9.17) is 4.74 Å². The van der Waals surface area contributed by atoms with Gasteiger partial charge >= 0.3 is 0 Å². The van der Waals surface area contributed by atoms with E-state index >= 15 is 0 Å². The lowest BCUT2D eigenvalue weighted by Gasteiger charge is -2.15. The molecule has 2 aromatic carbocycles. The fourth-order valence-corrected chi connectivity index (χ4v) is 2.66. The summed E-state index contributed by atoms with van der Waals surface area (Å²) in [5.41, 5.74) is 5.31. The number of benzene rings is 2. The molecule has 0 aliphatic heterocycles. The lowest BCUT2D eigenvalue weighted by Crippen LogP contribution is -2.00. The molecule has 1 heterocycles. The molecule has 0 atom stereocenters. The van der Waals surface area contributed by atoms with E-state index in [-0.39, 0.29) is 0 Å². The van der Waals surface area contributed by atoms with Gasteiger partial charge < -0.3 is 4.74 Å². The lowest BCUT2D eigenvalue weighted by molar-refractivity contribution is 0.112. The van der Waals surface area contributed by atoms with Gasteiger partial charge in [-0.15, -0.1) is 0 Å². The molecule has 0 bridgehead atoms. The number of aromatic amines is 1. The highest BCUT2D eigenvalue weighted by atomic mass is 16.5. The van der Waals surface area contributed by atoms with Crippen LogP contribution in [0.15, 0.2) is 48.7 Å². The van der Waals surface area contributed by atoms with Crippen LogP contribution in [0.2, 0.25) is 0 Å². The number of carbonyl (C=O) groups is 1. The first-order valence-electron chi connectivity index (χ1n) is 7.46. The summed E-state index contributed by atoms with van der Waals surface area (Å²) >= 11 is 0. The smallest absolute Gasteiger partial charge is 0.153 e. The Balaban J connectivity index is 2.00. The van der Waals surface area contributed by atoms with Crippen LogP contribution in [0.5, 0.6) is 5.75 Å². The highest BCUT2D eigenvalue weighted by molar-refractivity contribution is 5.87. The van der Waals surface area contributed by atoms with Crippen molar-refractivity contribution < 1.29 is 9.53 Å². The molecule has 23 heavy (non-hydrogen) atoms. The molecule has 1 N–H and O–H groups in total. The van der Waals surface area contributed by atoms with E-state index in [0.717, 1.165) is 34.3 Å². The zero-order chi connectivity index (χ0) is 16.2. The van der Waals surface area contributed by atoms with Crippen molar-refractivity contribution in [1.29, 1.82) is 0 Å². The monoisotopic (exact) mass is 306 g/mol. The molecule has 116 valence electrons. The predicted octanol–water partition coefficient (Wildman–Crippen LogP) is 4.09. The average Bonchev–Trinajstić information content (AvgIpc) is 3.03. The fraction of sp³-hybridized carbons (Fsp3) is 0.158. The standard InChI is InChI=1S/C19H18N2O2/c1-13-8-14(2)19(23-12-15-6-4-3-5-7-15)17(9-13)18-16(11-22)10-20-21-18/h3-11H,12H2,1-2H3,(H,20,21). The molecular weight excluding hydrogens is 288 g/mol. The molecule has 1 aromatic heterocycles. The predicted molar refractivity (Wildman–Crippen MR) is 89.7 cm³/mol. The number of rotatable bonds is 5. The molecule has 0 aliphatic rings. The SMILES string of the molecule is Cc1cc(C)c(OCc2ccccc2)c(-c2[nH]ncc2C=O)c1.